The van der Waals surface area contributed by atoms with E-state index in [0.29, 0.717) is 12.5 Å². The molecule has 0 aliphatic heterocycles. The number of aryl methyl sites for hydroxylation is 1. The topological polar surface area (TPSA) is 64.2 Å². The molecule has 0 aliphatic rings. The van der Waals surface area contributed by atoms with Crippen molar-refractivity contribution >= 4 is 27.5 Å². The van der Waals surface area contributed by atoms with Crippen LogP contribution in [-0.4, -0.2) is 40.2 Å². The third kappa shape index (κ3) is 2.45. The summed E-state index contributed by atoms with van der Waals surface area (Å²) in [5.74, 6) is 0.371. The number of carbonyl (C=O) groups is 1. The summed E-state index contributed by atoms with van der Waals surface area (Å²) in [6.07, 6.45) is 0. The lowest BCUT2D eigenvalue weighted by atomic mass is 10.1. The Balaban J connectivity index is 2.42. The lowest BCUT2D eigenvalue weighted by Gasteiger charge is -2.22. The number of aromatic nitrogens is 2. The Morgan fingerprint density at radius 2 is 2.15 bits per heavy atom. The molecule has 0 saturated carbocycles. The van der Waals surface area contributed by atoms with Gasteiger partial charge in [-0.05, 0) is 18.9 Å². The smallest absolute Gasteiger partial charge is 0.264 e. The average Bonchev–Trinajstić information content (AvgIpc) is 2.97. The molecule has 2 N–H and O–H groups in total. The highest BCUT2D eigenvalue weighted by Crippen LogP contribution is 2.32. The van der Waals surface area contributed by atoms with Gasteiger partial charge in [0.25, 0.3) is 5.91 Å². The van der Waals surface area contributed by atoms with Crippen LogP contribution in [0.3, 0.4) is 0 Å². The van der Waals surface area contributed by atoms with Crippen molar-refractivity contribution in [1.29, 1.82) is 0 Å². The maximum atomic E-state index is 12.5. The van der Waals surface area contributed by atoms with Crippen LogP contribution in [0.4, 0.5) is 0 Å². The van der Waals surface area contributed by atoms with Gasteiger partial charge in [-0.15, -0.1) is 11.3 Å². The van der Waals surface area contributed by atoms with E-state index in [1.807, 2.05) is 24.7 Å². The van der Waals surface area contributed by atoms with E-state index in [9.17, 15) is 4.79 Å². The normalized spacial score (nSPS) is 13.2. The molecule has 0 fully saturated rings. The summed E-state index contributed by atoms with van der Waals surface area (Å²) in [6.45, 7) is 6.64. The Morgan fingerprint density at radius 3 is 2.70 bits per heavy atom. The van der Waals surface area contributed by atoms with Crippen LogP contribution in [0, 0.1) is 0 Å². The highest BCUT2D eigenvalue weighted by Gasteiger charge is 2.22. The Kier molecular flexibility index (Phi) is 4.15. The van der Waals surface area contributed by atoms with Crippen molar-refractivity contribution in [2.24, 2.45) is 12.8 Å². The molecule has 5 nitrogen and oxygen atoms in total. The molecule has 2 rings (SSSR count). The molecular weight excluding hydrogens is 272 g/mol. The van der Waals surface area contributed by atoms with E-state index < -0.39 is 0 Å². The zero-order chi connectivity index (χ0) is 15.0. The number of thiophene rings is 1. The Hall–Kier alpha value is -1.40. The van der Waals surface area contributed by atoms with E-state index in [1.165, 1.54) is 11.3 Å². The quantitative estimate of drug-likeness (QED) is 0.940. The number of nitrogens with two attached hydrogens (primary N) is 1. The van der Waals surface area contributed by atoms with Gasteiger partial charge < -0.3 is 10.6 Å². The number of hydrogen-bond acceptors (Lipinski definition) is 4. The fourth-order valence-corrected chi connectivity index (χ4v) is 3.19. The summed E-state index contributed by atoms with van der Waals surface area (Å²) in [6, 6.07) is 2.00. The van der Waals surface area contributed by atoms with Gasteiger partial charge in [0.15, 0.2) is 0 Å². The Bertz CT molecular complexity index is 628. The molecule has 0 aliphatic carbocycles. The molecule has 0 bridgehead atoms. The molecular formula is C14H22N4OS. The van der Waals surface area contributed by atoms with E-state index in [-0.39, 0.29) is 11.9 Å². The van der Waals surface area contributed by atoms with Crippen molar-refractivity contribution in [2.75, 3.05) is 13.6 Å². The van der Waals surface area contributed by atoms with E-state index >= 15 is 0 Å². The fraction of sp³-hybridized carbons (Fsp3) is 0.571. The first kappa shape index (κ1) is 15.0. The summed E-state index contributed by atoms with van der Waals surface area (Å²) in [5, 5.41) is 5.62. The van der Waals surface area contributed by atoms with Gasteiger partial charge in [-0.2, -0.15) is 5.10 Å². The molecule has 2 heterocycles. The van der Waals surface area contributed by atoms with Crippen LogP contribution in [0.5, 0.6) is 0 Å². The van der Waals surface area contributed by atoms with Crippen molar-refractivity contribution in [3.63, 3.8) is 0 Å². The predicted molar refractivity (Wildman–Crippen MR) is 83.3 cm³/mol. The van der Waals surface area contributed by atoms with Gasteiger partial charge in [-0.3, -0.25) is 9.48 Å². The second-order valence-corrected chi connectivity index (χ2v) is 6.52. The third-order valence-corrected chi connectivity index (χ3v) is 4.81. The van der Waals surface area contributed by atoms with Crippen LogP contribution in [0.15, 0.2) is 6.07 Å². The molecule has 2 aromatic heterocycles. The van der Waals surface area contributed by atoms with Gasteiger partial charge in [0.1, 0.15) is 4.83 Å². The van der Waals surface area contributed by atoms with Crippen molar-refractivity contribution in [3.8, 4) is 0 Å². The first-order valence-corrected chi connectivity index (χ1v) is 7.62. The summed E-state index contributed by atoms with van der Waals surface area (Å²) in [5.41, 5.74) is 6.68. The highest BCUT2D eigenvalue weighted by molar-refractivity contribution is 7.20. The van der Waals surface area contributed by atoms with E-state index in [2.05, 4.69) is 18.9 Å². The van der Waals surface area contributed by atoms with Crippen molar-refractivity contribution in [2.45, 2.75) is 32.7 Å². The molecule has 0 radical (unpaired) electrons. The standard InChI is InChI=1S/C14H22N4OS/c1-8(2)12-10-6-11(20-14(10)18(5)16-12)13(19)17(4)9(3)7-15/h6,8-9H,7,15H2,1-5H3. The maximum Gasteiger partial charge on any atom is 0.264 e. The van der Waals surface area contributed by atoms with Gasteiger partial charge in [0.2, 0.25) is 0 Å². The monoisotopic (exact) mass is 294 g/mol. The van der Waals surface area contributed by atoms with E-state index in [4.69, 9.17) is 5.73 Å². The van der Waals surface area contributed by atoms with Crippen LogP contribution >= 0.6 is 11.3 Å². The summed E-state index contributed by atoms with van der Waals surface area (Å²) in [7, 11) is 3.72. The van der Waals surface area contributed by atoms with E-state index in [1.54, 1.807) is 11.9 Å². The largest absolute Gasteiger partial charge is 0.337 e. The van der Waals surface area contributed by atoms with Crippen LogP contribution in [0.2, 0.25) is 0 Å². The summed E-state index contributed by atoms with van der Waals surface area (Å²) in [4.78, 5) is 16.0. The van der Waals surface area contributed by atoms with Gasteiger partial charge >= 0.3 is 0 Å². The van der Waals surface area contributed by atoms with Crippen molar-refractivity contribution in [3.05, 3.63) is 16.6 Å². The van der Waals surface area contributed by atoms with Gasteiger partial charge in [-0.25, -0.2) is 0 Å². The highest BCUT2D eigenvalue weighted by atomic mass is 32.1. The molecule has 1 amide bonds. The average molecular weight is 294 g/mol. The minimum Gasteiger partial charge on any atom is -0.337 e. The predicted octanol–water partition coefficient (Wildman–Crippen LogP) is 2.18. The number of amides is 1. The minimum atomic E-state index is 0.0267. The molecule has 2 aromatic rings. The SMILES string of the molecule is CC(C)c1nn(C)c2sc(C(=O)N(C)C(C)CN)cc12. The van der Waals surface area contributed by atoms with E-state index in [0.717, 1.165) is 20.8 Å². The molecule has 0 aromatic carbocycles. The number of carbonyl (C=O) groups excluding carboxylic acids is 1. The van der Waals surface area contributed by atoms with Crippen LogP contribution in [0.1, 0.15) is 42.1 Å². The van der Waals surface area contributed by atoms with Crippen LogP contribution in [-0.2, 0) is 7.05 Å². The maximum absolute atomic E-state index is 12.5. The molecule has 110 valence electrons. The van der Waals surface area contributed by atoms with Crippen molar-refractivity contribution < 1.29 is 4.79 Å². The fourth-order valence-electron chi connectivity index (χ4n) is 2.13. The van der Waals surface area contributed by atoms with Crippen LogP contribution < -0.4 is 5.73 Å². The Morgan fingerprint density at radius 1 is 1.50 bits per heavy atom. The number of rotatable bonds is 4. The molecule has 20 heavy (non-hydrogen) atoms. The molecule has 0 spiro atoms. The zero-order valence-corrected chi connectivity index (χ0v) is 13.5. The Labute approximate surface area is 123 Å². The van der Waals surface area contributed by atoms with Gasteiger partial charge in [-0.1, -0.05) is 13.8 Å². The molecule has 1 atom stereocenters. The number of nitrogens with zero attached hydrogens (tertiary/aromatic N) is 3. The number of likely N-dealkylation sites (N-methyl/N-ethyl adjacent to an activating group) is 1. The van der Waals surface area contributed by atoms with Crippen LogP contribution in [0.25, 0.3) is 10.2 Å². The van der Waals surface area contributed by atoms with Crippen molar-refractivity contribution in [1.82, 2.24) is 14.7 Å². The van der Waals surface area contributed by atoms with Gasteiger partial charge in [0, 0.05) is 32.1 Å². The first-order chi connectivity index (χ1) is 9.36. The molecule has 0 saturated heterocycles. The lowest BCUT2D eigenvalue weighted by Crippen LogP contribution is -2.39. The number of fused-ring (bicyclic) bond motifs is 1. The summed E-state index contributed by atoms with van der Waals surface area (Å²) >= 11 is 1.49. The zero-order valence-electron chi connectivity index (χ0n) is 12.7. The molecule has 1 unspecified atom stereocenters. The second-order valence-electron chi connectivity index (χ2n) is 5.49. The minimum absolute atomic E-state index is 0.0267. The third-order valence-electron chi connectivity index (χ3n) is 3.62. The number of hydrogen-bond donors (Lipinski definition) is 1. The lowest BCUT2D eigenvalue weighted by molar-refractivity contribution is 0.0753. The summed E-state index contributed by atoms with van der Waals surface area (Å²) < 4.78 is 1.86. The molecule has 6 heteroatoms. The first-order valence-electron chi connectivity index (χ1n) is 6.80. The second kappa shape index (κ2) is 5.54. The van der Waals surface area contributed by atoms with Gasteiger partial charge in [0.05, 0.1) is 10.6 Å².